The Labute approximate surface area is 278 Å². The summed E-state index contributed by atoms with van der Waals surface area (Å²) in [6, 6.07) is 29.1. The van der Waals surface area contributed by atoms with Crippen LogP contribution >= 0.6 is 0 Å². The van der Waals surface area contributed by atoms with Gasteiger partial charge in [-0.25, -0.2) is 8.42 Å². The molecule has 1 atom stereocenters. The normalized spacial score (nSPS) is 11.7. The minimum atomic E-state index is -4.30. The first kappa shape index (κ1) is 35.0. The highest BCUT2D eigenvalue weighted by atomic mass is 32.2. The molecule has 47 heavy (non-hydrogen) atoms. The molecular formula is C37H43N3O6S. The van der Waals surface area contributed by atoms with Gasteiger partial charge in [0.1, 0.15) is 24.1 Å². The number of carbonyl (C=O) groups is 2. The number of benzene rings is 4. The summed E-state index contributed by atoms with van der Waals surface area (Å²) >= 11 is 0. The summed E-state index contributed by atoms with van der Waals surface area (Å²) < 4.78 is 40.8. The molecule has 0 saturated heterocycles. The molecule has 0 bridgehead atoms. The first-order valence-electron chi connectivity index (χ1n) is 15.6. The van der Waals surface area contributed by atoms with Gasteiger partial charge >= 0.3 is 0 Å². The van der Waals surface area contributed by atoms with E-state index in [1.54, 1.807) is 24.3 Å². The second-order valence-corrected chi connectivity index (χ2v) is 13.1. The van der Waals surface area contributed by atoms with Gasteiger partial charge in [0.15, 0.2) is 0 Å². The van der Waals surface area contributed by atoms with Crippen LogP contribution in [-0.4, -0.2) is 58.5 Å². The maximum Gasteiger partial charge on any atom is 0.264 e. The number of sulfonamides is 1. The number of anilines is 1. The van der Waals surface area contributed by atoms with Crippen molar-refractivity contribution in [3.05, 3.63) is 120 Å². The molecule has 0 radical (unpaired) electrons. The first-order chi connectivity index (χ1) is 22.7. The van der Waals surface area contributed by atoms with E-state index in [1.165, 1.54) is 37.3 Å². The molecule has 0 aliphatic heterocycles. The predicted molar refractivity (Wildman–Crippen MR) is 184 cm³/mol. The molecule has 1 N–H and O–H groups in total. The number of carbonyl (C=O) groups excluding carboxylic acids is 2. The van der Waals surface area contributed by atoms with E-state index in [0.29, 0.717) is 12.3 Å². The number of nitrogens with zero attached hydrogens (tertiary/aromatic N) is 2. The molecule has 0 aliphatic rings. The number of aryl methyl sites for hydroxylation is 1. The predicted octanol–water partition coefficient (Wildman–Crippen LogP) is 5.76. The third-order valence-corrected chi connectivity index (χ3v) is 9.61. The number of methoxy groups -OCH3 is 2. The summed E-state index contributed by atoms with van der Waals surface area (Å²) in [7, 11) is -1.40. The quantitative estimate of drug-likeness (QED) is 0.154. The molecule has 10 heteroatoms. The van der Waals surface area contributed by atoms with Crippen molar-refractivity contribution in [2.45, 2.75) is 50.6 Å². The van der Waals surface area contributed by atoms with E-state index in [4.69, 9.17) is 9.47 Å². The molecule has 4 aromatic rings. The van der Waals surface area contributed by atoms with Crippen LogP contribution in [0.25, 0.3) is 0 Å². The molecule has 0 saturated carbocycles. The summed E-state index contributed by atoms with van der Waals surface area (Å²) in [5.41, 5.74) is 2.68. The molecule has 2 amide bonds. The number of hydrogen-bond acceptors (Lipinski definition) is 6. The molecule has 4 rings (SSSR count). The fourth-order valence-corrected chi connectivity index (χ4v) is 6.60. The third-order valence-electron chi connectivity index (χ3n) is 7.84. The molecule has 0 fully saturated rings. The van der Waals surface area contributed by atoms with E-state index >= 15 is 0 Å². The van der Waals surface area contributed by atoms with Crippen LogP contribution in [0.2, 0.25) is 0 Å². The van der Waals surface area contributed by atoms with E-state index in [-0.39, 0.29) is 35.2 Å². The van der Waals surface area contributed by atoms with E-state index in [2.05, 4.69) is 5.32 Å². The van der Waals surface area contributed by atoms with Crippen molar-refractivity contribution in [1.29, 1.82) is 0 Å². The highest BCUT2D eigenvalue weighted by molar-refractivity contribution is 7.92. The van der Waals surface area contributed by atoms with Crippen LogP contribution in [0.15, 0.2) is 108 Å². The van der Waals surface area contributed by atoms with E-state index in [9.17, 15) is 18.0 Å². The van der Waals surface area contributed by atoms with Crippen molar-refractivity contribution < 1.29 is 27.5 Å². The lowest BCUT2D eigenvalue weighted by atomic mass is 10.0. The van der Waals surface area contributed by atoms with Crippen molar-refractivity contribution in [2.75, 3.05) is 31.6 Å². The lowest BCUT2D eigenvalue weighted by molar-refractivity contribution is -0.140. The highest BCUT2D eigenvalue weighted by Gasteiger charge is 2.35. The van der Waals surface area contributed by atoms with E-state index in [1.807, 2.05) is 74.5 Å². The lowest BCUT2D eigenvalue weighted by Gasteiger charge is -2.34. The molecular weight excluding hydrogens is 614 g/mol. The van der Waals surface area contributed by atoms with Gasteiger partial charge in [-0.05, 0) is 48.7 Å². The number of ether oxygens (including phenoxy) is 2. The second-order valence-electron chi connectivity index (χ2n) is 11.2. The van der Waals surface area contributed by atoms with Crippen LogP contribution in [-0.2, 0) is 32.6 Å². The Morgan fingerprint density at radius 1 is 0.830 bits per heavy atom. The zero-order chi connectivity index (χ0) is 33.8. The Morgan fingerprint density at radius 3 is 2.06 bits per heavy atom. The van der Waals surface area contributed by atoms with E-state index in [0.717, 1.165) is 33.8 Å². The molecule has 0 unspecified atom stereocenters. The molecule has 9 nitrogen and oxygen atoms in total. The molecule has 0 heterocycles. The standard InChI is InChI=1S/C37H43N3O6S/c1-5-6-23-38-37(42)34(24-29-13-9-7-10-14-29)39(26-30-15-11-8-12-16-30)36(41)27-40(33-25-31(45-3)19-22-35(33)46-4)47(43,44)32-20-17-28(2)18-21-32/h7-22,25,34H,5-6,23-24,26-27H2,1-4H3,(H,38,42)/t34-/m0/s1. The lowest BCUT2D eigenvalue weighted by Crippen LogP contribution is -2.53. The number of rotatable bonds is 16. The summed E-state index contributed by atoms with van der Waals surface area (Å²) in [6.45, 7) is 3.85. The summed E-state index contributed by atoms with van der Waals surface area (Å²) in [5, 5.41) is 3.00. The van der Waals surface area contributed by atoms with Crippen molar-refractivity contribution in [2.24, 2.45) is 0 Å². The number of amides is 2. The van der Waals surface area contributed by atoms with Crippen LogP contribution in [0.3, 0.4) is 0 Å². The van der Waals surface area contributed by atoms with Crippen molar-refractivity contribution in [3.63, 3.8) is 0 Å². The SMILES string of the molecule is CCCCNC(=O)[C@H](Cc1ccccc1)N(Cc1ccccc1)C(=O)CN(c1cc(OC)ccc1OC)S(=O)(=O)c1ccc(C)cc1. The van der Waals surface area contributed by atoms with Crippen LogP contribution in [0.4, 0.5) is 5.69 Å². The van der Waals surface area contributed by atoms with Crippen molar-refractivity contribution >= 4 is 27.5 Å². The number of hydrogen-bond donors (Lipinski definition) is 1. The first-order valence-corrected chi connectivity index (χ1v) is 17.1. The average molecular weight is 658 g/mol. The van der Waals surface area contributed by atoms with Gasteiger partial charge in [-0.15, -0.1) is 0 Å². The molecule has 248 valence electrons. The van der Waals surface area contributed by atoms with Gasteiger partial charge < -0.3 is 19.7 Å². The van der Waals surface area contributed by atoms with Crippen LogP contribution in [0, 0.1) is 6.92 Å². The maximum atomic E-state index is 14.7. The van der Waals surface area contributed by atoms with Gasteiger partial charge in [0.05, 0.1) is 24.8 Å². The Balaban J connectivity index is 1.84. The summed E-state index contributed by atoms with van der Waals surface area (Å²) in [6.07, 6.45) is 1.92. The van der Waals surface area contributed by atoms with Crippen LogP contribution in [0.1, 0.15) is 36.5 Å². The monoisotopic (exact) mass is 657 g/mol. The fraction of sp³-hybridized carbons (Fsp3) is 0.297. The largest absolute Gasteiger partial charge is 0.497 e. The minimum Gasteiger partial charge on any atom is -0.497 e. The number of nitrogens with one attached hydrogen (secondary N) is 1. The second kappa shape index (κ2) is 16.6. The summed E-state index contributed by atoms with van der Waals surface area (Å²) in [5.74, 6) is -0.239. The highest BCUT2D eigenvalue weighted by Crippen LogP contribution is 2.36. The Morgan fingerprint density at radius 2 is 1.47 bits per heavy atom. The van der Waals surface area contributed by atoms with Crippen LogP contribution < -0.4 is 19.1 Å². The molecule has 0 aromatic heterocycles. The number of unbranched alkanes of at least 4 members (excludes halogenated alkanes) is 1. The van der Waals surface area contributed by atoms with Crippen LogP contribution in [0.5, 0.6) is 11.5 Å². The van der Waals surface area contributed by atoms with Gasteiger partial charge in [0, 0.05) is 25.6 Å². The Bertz CT molecular complexity index is 1710. The topological polar surface area (TPSA) is 105 Å². The Kier molecular flexibility index (Phi) is 12.4. The fourth-order valence-electron chi connectivity index (χ4n) is 5.18. The van der Waals surface area contributed by atoms with E-state index < -0.39 is 28.5 Å². The average Bonchev–Trinajstić information content (AvgIpc) is 3.09. The van der Waals surface area contributed by atoms with Gasteiger partial charge in [0.2, 0.25) is 11.8 Å². The van der Waals surface area contributed by atoms with Crippen molar-refractivity contribution in [1.82, 2.24) is 10.2 Å². The van der Waals surface area contributed by atoms with Gasteiger partial charge in [-0.3, -0.25) is 13.9 Å². The third kappa shape index (κ3) is 9.13. The Hall–Kier alpha value is -4.83. The smallest absolute Gasteiger partial charge is 0.264 e. The zero-order valence-corrected chi connectivity index (χ0v) is 28.2. The van der Waals surface area contributed by atoms with Crippen molar-refractivity contribution in [3.8, 4) is 11.5 Å². The molecule has 4 aromatic carbocycles. The van der Waals surface area contributed by atoms with Gasteiger partial charge in [-0.1, -0.05) is 91.7 Å². The molecule has 0 aliphatic carbocycles. The minimum absolute atomic E-state index is 0.00789. The van der Waals surface area contributed by atoms with Gasteiger partial charge in [0.25, 0.3) is 10.0 Å². The van der Waals surface area contributed by atoms with Gasteiger partial charge in [-0.2, -0.15) is 0 Å². The maximum absolute atomic E-state index is 14.7. The zero-order valence-electron chi connectivity index (χ0n) is 27.4. The summed E-state index contributed by atoms with van der Waals surface area (Å²) in [4.78, 5) is 30.0. The molecule has 0 spiro atoms.